The Bertz CT molecular complexity index is 600. The second-order valence-electron chi connectivity index (χ2n) is 6.51. The van der Waals surface area contributed by atoms with Gasteiger partial charge in [0.2, 0.25) is 0 Å². The van der Waals surface area contributed by atoms with Crippen LogP contribution in [0.2, 0.25) is 0 Å². The molecule has 0 aliphatic heterocycles. The molecule has 2 heteroatoms. The second-order valence-corrected chi connectivity index (χ2v) is 6.51. The van der Waals surface area contributed by atoms with Gasteiger partial charge in [-0.05, 0) is 50.3 Å². The van der Waals surface area contributed by atoms with Gasteiger partial charge in [0.1, 0.15) is 0 Å². The Kier molecular flexibility index (Phi) is 4.54. The van der Waals surface area contributed by atoms with Crippen molar-refractivity contribution in [1.29, 1.82) is 0 Å². The van der Waals surface area contributed by atoms with Crippen LogP contribution in [0.5, 0.6) is 0 Å². The minimum atomic E-state index is 0.609. The molecule has 1 aromatic carbocycles. The molecule has 0 amide bonds. The number of rotatable bonds is 4. The molecule has 1 aliphatic carbocycles. The number of benzene rings is 1. The zero-order valence-corrected chi connectivity index (χ0v) is 13.2. The largest absolute Gasteiger partial charge is 0.310 e. The Hall–Kier alpha value is -1.41. The molecular formula is C19H26N2. The van der Waals surface area contributed by atoms with E-state index in [1.807, 2.05) is 0 Å². The highest BCUT2D eigenvalue weighted by Crippen LogP contribution is 2.26. The Morgan fingerprint density at radius 2 is 1.95 bits per heavy atom. The van der Waals surface area contributed by atoms with Crippen molar-refractivity contribution in [2.45, 2.75) is 58.5 Å². The minimum absolute atomic E-state index is 0.609. The molecule has 1 aromatic heterocycles. The molecule has 112 valence electrons. The van der Waals surface area contributed by atoms with Crippen molar-refractivity contribution in [1.82, 2.24) is 10.3 Å². The Labute approximate surface area is 128 Å². The van der Waals surface area contributed by atoms with Gasteiger partial charge in [-0.25, -0.2) is 0 Å². The van der Waals surface area contributed by atoms with Crippen LogP contribution in [-0.2, 0) is 6.54 Å². The summed E-state index contributed by atoms with van der Waals surface area (Å²) in [5.74, 6) is 0.855. The molecule has 0 radical (unpaired) electrons. The van der Waals surface area contributed by atoms with Crippen LogP contribution in [0.25, 0.3) is 10.9 Å². The summed E-state index contributed by atoms with van der Waals surface area (Å²) in [4.78, 5) is 4.63. The van der Waals surface area contributed by atoms with Gasteiger partial charge in [0.05, 0.1) is 5.52 Å². The van der Waals surface area contributed by atoms with Gasteiger partial charge in [0.15, 0.2) is 0 Å². The minimum Gasteiger partial charge on any atom is -0.310 e. The van der Waals surface area contributed by atoms with Crippen LogP contribution in [0.3, 0.4) is 0 Å². The highest BCUT2D eigenvalue weighted by atomic mass is 14.9. The molecule has 1 aliphatic rings. The fourth-order valence-electron chi connectivity index (χ4n) is 3.61. The molecule has 3 rings (SSSR count). The summed E-state index contributed by atoms with van der Waals surface area (Å²) in [6.07, 6.45) is 7.04. The molecule has 1 saturated carbocycles. The van der Waals surface area contributed by atoms with E-state index in [-0.39, 0.29) is 0 Å². The lowest BCUT2D eigenvalue weighted by atomic mass is 9.84. The van der Waals surface area contributed by atoms with Crippen molar-refractivity contribution < 1.29 is 0 Å². The summed E-state index contributed by atoms with van der Waals surface area (Å²) in [6, 6.07) is 11.3. The Morgan fingerprint density at radius 3 is 2.76 bits per heavy atom. The second kappa shape index (κ2) is 6.57. The van der Waals surface area contributed by atoms with E-state index in [4.69, 9.17) is 0 Å². The topological polar surface area (TPSA) is 24.9 Å². The molecular weight excluding hydrogens is 256 g/mol. The third-order valence-corrected chi connectivity index (χ3v) is 4.90. The summed E-state index contributed by atoms with van der Waals surface area (Å²) >= 11 is 0. The highest BCUT2D eigenvalue weighted by Gasteiger charge is 2.19. The molecule has 0 unspecified atom stereocenters. The van der Waals surface area contributed by atoms with Crippen LogP contribution in [-0.4, -0.2) is 11.0 Å². The van der Waals surface area contributed by atoms with Crippen molar-refractivity contribution in [2.75, 3.05) is 0 Å². The predicted octanol–water partition coefficient (Wildman–Crippen LogP) is 4.60. The zero-order valence-electron chi connectivity index (χ0n) is 13.2. The zero-order chi connectivity index (χ0) is 14.7. The van der Waals surface area contributed by atoms with E-state index in [0.29, 0.717) is 6.04 Å². The fraction of sp³-hybridized carbons (Fsp3) is 0.526. The van der Waals surface area contributed by atoms with E-state index in [1.165, 1.54) is 43.1 Å². The van der Waals surface area contributed by atoms with Gasteiger partial charge in [-0.15, -0.1) is 0 Å². The van der Waals surface area contributed by atoms with E-state index in [9.17, 15) is 0 Å². The maximum absolute atomic E-state index is 4.63. The van der Waals surface area contributed by atoms with Gasteiger partial charge >= 0.3 is 0 Å². The summed E-state index contributed by atoms with van der Waals surface area (Å²) in [5, 5.41) is 5.04. The van der Waals surface area contributed by atoms with Gasteiger partial charge in [0, 0.05) is 23.7 Å². The predicted molar refractivity (Wildman–Crippen MR) is 89.4 cm³/mol. The lowest BCUT2D eigenvalue weighted by Gasteiger charge is -2.28. The van der Waals surface area contributed by atoms with Crippen molar-refractivity contribution in [3.8, 4) is 0 Å². The fourth-order valence-corrected chi connectivity index (χ4v) is 3.61. The first kappa shape index (κ1) is 14.5. The van der Waals surface area contributed by atoms with Crippen LogP contribution in [0.15, 0.2) is 30.3 Å². The maximum atomic E-state index is 4.63. The smallest absolute Gasteiger partial charge is 0.0708 e. The average molecular weight is 282 g/mol. The molecule has 2 nitrogen and oxygen atoms in total. The van der Waals surface area contributed by atoms with Crippen LogP contribution in [0, 0.1) is 12.8 Å². The summed E-state index contributed by atoms with van der Waals surface area (Å²) in [6.45, 7) is 5.38. The third kappa shape index (κ3) is 3.44. The molecule has 1 atom stereocenters. The van der Waals surface area contributed by atoms with Crippen LogP contribution < -0.4 is 5.32 Å². The first-order valence-electron chi connectivity index (χ1n) is 8.32. The number of aromatic nitrogens is 1. The molecule has 1 fully saturated rings. The molecule has 0 bridgehead atoms. The SMILES string of the molecule is Cc1cc(CN[C@@H](C)C2CCCCC2)c2ccccc2n1. The number of hydrogen-bond donors (Lipinski definition) is 1. The third-order valence-electron chi connectivity index (χ3n) is 4.90. The van der Waals surface area contributed by atoms with E-state index < -0.39 is 0 Å². The van der Waals surface area contributed by atoms with Gasteiger partial charge in [-0.2, -0.15) is 0 Å². The van der Waals surface area contributed by atoms with Crippen LogP contribution in [0.1, 0.15) is 50.3 Å². The molecule has 21 heavy (non-hydrogen) atoms. The molecule has 1 N–H and O–H groups in total. The molecule has 2 aromatic rings. The normalized spacial score (nSPS) is 18.0. The van der Waals surface area contributed by atoms with Gasteiger partial charge in [-0.1, -0.05) is 37.5 Å². The lowest BCUT2D eigenvalue weighted by molar-refractivity contribution is 0.281. The van der Waals surface area contributed by atoms with Crippen molar-refractivity contribution in [3.05, 3.63) is 41.6 Å². The summed E-state index contributed by atoms with van der Waals surface area (Å²) in [7, 11) is 0. The standard InChI is InChI=1S/C19H26N2/c1-14-12-17(18-10-6-7-11-19(18)21-14)13-20-15(2)16-8-4-3-5-9-16/h6-7,10-12,15-16,20H,3-5,8-9,13H2,1-2H3/t15-/m0/s1. The van der Waals surface area contributed by atoms with Crippen molar-refractivity contribution in [3.63, 3.8) is 0 Å². The average Bonchev–Trinajstić information content (AvgIpc) is 2.53. The lowest BCUT2D eigenvalue weighted by Crippen LogP contribution is -2.34. The summed E-state index contributed by atoms with van der Waals surface area (Å²) < 4.78 is 0. The van der Waals surface area contributed by atoms with Crippen molar-refractivity contribution in [2.24, 2.45) is 5.92 Å². The first-order valence-corrected chi connectivity index (χ1v) is 8.32. The number of fused-ring (bicyclic) bond motifs is 1. The number of aryl methyl sites for hydroxylation is 1. The number of para-hydroxylation sites is 1. The van der Waals surface area contributed by atoms with Crippen molar-refractivity contribution >= 4 is 10.9 Å². The molecule has 0 spiro atoms. The highest BCUT2D eigenvalue weighted by molar-refractivity contribution is 5.82. The first-order chi connectivity index (χ1) is 10.2. The maximum Gasteiger partial charge on any atom is 0.0708 e. The Balaban J connectivity index is 1.72. The number of nitrogens with zero attached hydrogens (tertiary/aromatic N) is 1. The van der Waals surface area contributed by atoms with E-state index in [2.05, 4.69) is 54.5 Å². The van der Waals surface area contributed by atoms with Gasteiger partial charge in [0.25, 0.3) is 0 Å². The van der Waals surface area contributed by atoms with Gasteiger partial charge in [-0.3, -0.25) is 4.98 Å². The quantitative estimate of drug-likeness (QED) is 0.886. The van der Waals surface area contributed by atoms with E-state index in [0.717, 1.165) is 23.7 Å². The van der Waals surface area contributed by atoms with Crippen LogP contribution >= 0.6 is 0 Å². The molecule has 1 heterocycles. The van der Waals surface area contributed by atoms with Gasteiger partial charge < -0.3 is 5.32 Å². The monoisotopic (exact) mass is 282 g/mol. The Morgan fingerprint density at radius 1 is 1.19 bits per heavy atom. The number of nitrogens with one attached hydrogen (secondary N) is 1. The number of hydrogen-bond acceptors (Lipinski definition) is 2. The summed E-state index contributed by atoms with van der Waals surface area (Å²) in [5.41, 5.74) is 3.59. The molecule has 0 saturated heterocycles. The van der Waals surface area contributed by atoms with Crippen LogP contribution in [0.4, 0.5) is 0 Å². The number of pyridine rings is 1. The van der Waals surface area contributed by atoms with E-state index in [1.54, 1.807) is 0 Å². The van der Waals surface area contributed by atoms with E-state index >= 15 is 0 Å².